The van der Waals surface area contributed by atoms with E-state index in [-0.39, 0.29) is 30.0 Å². The second-order valence-corrected chi connectivity index (χ2v) is 16.5. The standard InChI is InChI=1S/C40H28Cl2F3IN4O9/c1-59-29-11-16(10-27(46)32(29)52)31-21-8-9-23-30(36(55)49(34(23)53)20-6-7-22(37(56)57)28(51)13-20)24(21)14-25-35(54)50(38(58)39(25,31)17-2-4-19(41)5-3-17)48-33-26(42)12-18(15-47-33)40(43,44)45/h2-8,10-13,15,23-25,30-31,51-52H,9,14H2,1H3,(H,47,48)(H,56,57)/t23-,24+,25-,30-,31-,39+/m0/s1. The molecule has 59 heavy (non-hydrogen) atoms. The van der Waals surface area contributed by atoms with Crippen molar-refractivity contribution in [1.29, 1.82) is 0 Å². The van der Waals surface area contributed by atoms with Gasteiger partial charge in [0.05, 0.1) is 50.1 Å². The number of hydrogen-bond acceptors (Lipinski definition) is 10. The number of methoxy groups -OCH3 is 1. The number of halogens is 6. The van der Waals surface area contributed by atoms with Gasteiger partial charge in [0, 0.05) is 23.2 Å². The van der Waals surface area contributed by atoms with Crippen molar-refractivity contribution in [3.8, 4) is 17.2 Å². The normalized spacial score (nSPS) is 25.1. The van der Waals surface area contributed by atoms with Gasteiger partial charge < -0.3 is 20.1 Å². The number of imide groups is 2. The van der Waals surface area contributed by atoms with Crippen LogP contribution in [-0.2, 0) is 30.8 Å². The van der Waals surface area contributed by atoms with Crippen molar-refractivity contribution in [1.82, 2.24) is 9.99 Å². The molecule has 6 atom stereocenters. The number of carbonyl (C=O) groups excluding carboxylic acids is 4. The molecule has 2 saturated heterocycles. The molecule has 4 amide bonds. The van der Waals surface area contributed by atoms with Crippen molar-refractivity contribution in [3.05, 3.63) is 114 Å². The van der Waals surface area contributed by atoms with E-state index < -0.39 is 98.5 Å². The lowest BCUT2D eigenvalue weighted by Crippen LogP contribution is -2.53. The van der Waals surface area contributed by atoms with E-state index in [0.717, 1.165) is 17.0 Å². The van der Waals surface area contributed by atoms with Gasteiger partial charge in [-0.15, -0.1) is 0 Å². The molecule has 13 nitrogen and oxygen atoms in total. The first-order valence-electron chi connectivity index (χ1n) is 17.7. The SMILES string of the molecule is COc1cc([C@H]2C3=CC[C@@H]4C(=O)N(c5ccc(C(=O)O)c(O)c5)C(=O)[C@@H]4[C@@H]3C[C@H]3C(=O)N(Nc4ncc(C(F)(F)F)cc4Cl)C(=O)[C@@]23c2ccc(Cl)cc2)cc(I)c1O. The molecule has 8 rings (SSSR count). The number of nitrogens with one attached hydrogen (secondary N) is 1. The molecule has 0 spiro atoms. The number of benzene rings is 3. The summed E-state index contributed by atoms with van der Waals surface area (Å²) in [6.07, 6.45) is -2.70. The zero-order valence-electron chi connectivity index (χ0n) is 30.1. The van der Waals surface area contributed by atoms with Gasteiger partial charge in [0.2, 0.25) is 11.8 Å². The summed E-state index contributed by atoms with van der Waals surface area (Å²) in [6.45, 7) is 0. The molecule has 304 valence electrons. The third kappa shape index (κ3) is 6.18. The Kier molecular flexibility index (Phi) is 9.86. The van der Waals surface area contributed by atoms with E-state index in [9.17, 15) is 47.7 Å². The summed E-state index contributed by atoms with van der Waals surface area (Å²) < 4.78 is 46.4. The van der Waals surface area contributed by atoms with Crippen LogP contribution in [0.4, 0.5) is 24.7 Å². The number of phenolic OH excluding ortho intramolecular Hbond substituents is 1. The largest absolute Gasteiger partial charge is 0.507 e. The van der Waals surface area contributed by atoms with Crippen molar-refractivity contribution < 1.29 is 57.2 Å². The smallest absolute Gasteiger partial charge is 0.417 e. The van der Waals surface area contributed by atoms with Crippen molar-refractivity contribution in [2.45, 2.75) is 30.4 Å². The topological polar surface area (TPSA) is 187 Å². The number of amides is 4. The number of ether oxygens (including phenoxy) is 1. The second-order valence-electron chi connectivity index (χ2n) is 14.5. The fourth-order valence-corrected chi connectivity index (χ4v) is 10.1. The van der Waals surface area contributed by atoms with Crippen molar-refractivity contribution in [3.63, 3.8) is 0 Å². The highest BCUT2D eigenvalue weighted by molar-refractivity contribution is 14.1. The number of allylic oxidation sites excluding steroid dienone is 2. The number of hydrogen-bond donors (Lipinski definition) is 4. The number of alkyl halides is 3. The van der Waals surface area contributed by atoms with Gasteiger partial charge in [0.1, 0.15) is 11.3 Å². The molecule has 4 N–H and O–H groups in total. The quantitative estimate of drug-likeness (QED) is 0.0827. The zero-order valence-corrected chi connectivity index (χ0v) is 33.8. The lowest BCUT2D eigenvalue weighted by atomic mass is 9.49. The minimum Gasteiger partial charge on any atom is -0.507 e. The van der Waals surface area contributed by atoms with Crippen molar-refractivity contribution >= 4 is 86.9 Å². The Balaban J connectivity index is 1.32. The Hall–Kier alpha value is -5.40. The number of rotatable bonds is 7. The van der Waals surface area contributed by atoms with Gasteiger partial charge >= 0.3 is 12.1 Å². The molecule has 3 fully saturated rings. The van der Waals surface area contributed by atoms with Gasteiger partial charge in [-0.1, -0.05) is 47.0 Å². The van der Waals surface area contributed by atoms with Crippen LogP contribution in [0.15, 0.2) is 78.5 Å². The van der Waals surface area contributed by atoms with Crippen LogP contribution in [0.25, 0.3) is 0 Å². The summed E-state index contributed by atoms with van der Waals surface area (Å²) in [4.78, 5) is 75.3. The average molecular weight is 963 g/mol. The Morgan fingerprint density at radius 3 is 2.32 bits per heavy atom. The predicted molar refractivity (Wildman–Crippen MR) is 212 cm³/mol. The second kappa shape index (κ2) is 14.4. The van der Waals surface area contributed by atoms with Gasteiger partial charge in [-0.3, -0.25) is 24.6 Å². The Labute approximate surface area is 355 Å². The van der Waals surface area contributed by atoms with Crippen LogP contribution in [-0.4, -0.2) is 62.0 Å². The molecule has 3 aromatic carbocycles. The first-order chi connectivity index (χ1) is 27.9. The number of phenols is 2. The van der Waals surface area contributed by atoms with E-state index >= 15 is 4.79 Å². The molecule has 1 saturated carbocycles. The predicted octanol–water partition coefficient (Wildman–Crippen LogP) is 7.32. The highest BCUT2D eigenvalue weighted by Gasteiger charge is 2.70. The number of aromatic hydroxyl groups is 2. The van der Waals surface area contributed by atoms with Crippen LogP contribution in [0, 0.1) is 27.2 Å². The van der Waals surface area contributed by atoms with E-state index in [1.807, 2.05) is 22.6 Å². The van der Waals surface area contributed by atoms with Gasteiger partial charge in [0.25, 0.3) is 11.8 Å². The Morgan fingerprint density at radius 1 is 0.983 bits per heavy atom. The molecule has 1 aromatic heterocycles. The highest BCUT2D eigenvalue weighted by atomic mass is 127. The molecule has 19 heteroatoms. The van der Waals surface area contributed by atoms with Gasteiger partial charge in [-0.05, 0) is 94.9 Å². The summed E-state index contributed by atoms with van der Waals surface area (Å²) in [6, 6.07) is 13.2. The van der Waals surface area contributed by atoms with Crippen LogP contribution < -0.4 is 15.1 Å². The van der Waals surface area contributed by atoms with E-state index in [1.165, 1.54) is 31.4 Å². The van der Waals surface area contributed by atoms with Crippen LogP contribution in [0.3, 0.4) is 0 Å². The molecular formula is C40H28Cl2F3IN4O9. The maximum atomic E-state index is 15.4. The molecule has 0 unspecified atom stereocenters. The van der Waals surface area contributed by atoms with Crippen molar-refractivity contribution in [2.24, 2.45) is 23.7 Å². The van der Waals surface area contributed by atoms with Crippen LogP contribution in [0.5, 0.6) is 17.2 Å². The monoisotopic (exact) mass is 962 g/mol. The Bertz CT molecular complexity index is 2560. The number of aromatic carboxylic acids is 1. The fraction of sp³-hybridized carbons (Fsp3) is 0.250. The summed E-state index contributed by atoms with van der Waals surface area (Å²) in [5.41, 5.74) is 0.257. The van der Waals surface area contributed by atoms with Crippen LogP contribution in [0.2, 0.25) is 10.0 Å². The Morgan fingerprint density at radius 2 is 1.69 bits per heavy atom. The van der Waals surface area contributed by atoms with E-state index in [4.69, 9.17) is 27.9 Å². The maximum Gasteiger partial charge on any atom is 0.417 e. The minimum absolute atomic E-state index is 0.0100. The number of anilines is 2. The molecule has 0 radical (unpaired) electrons. The molecule has 2 aliphatic heterocycles. The first-order valence-corrected chi connectivity index (χ1v) is 19.6. The van der Waals surface area contributed by atoms with Gasteiger partial charge in [0.15, 0.2) is 17.3 Å². The molecule has 4 aromatic rings. The maximum absolute atomic E-state index is 15.4. The third-order valence-electron chi connectivity index (χ3n) is 11.6. The lowest BCUT2D eigenvalue weighted by Gasteiger charge is -2.50. The zero-order chi connectivity index (χ0) is 42.5. The number of pyridine rings is 1. The molecule has 3 heterocycles. The minimum atomic E-state index is -4.79. The van der Waals surface area contributed by atoms with E-state index in [1.54, 1.807) is 24.3 Å². The summed E-state index contributed by atoms with van der Waals surface area (Å²) >= 11 is 14.5. The van der Waals surface area contributed by atoms with Crippen LogP contribution >= 0.6 is 45.8 Å². The average Bonchev–Trinajstić information content (AvgIpc) is 3.56. The molecule has 4 aliphatic rings. The summed E-state index contributed by atoms with van der Waals surface area (Å²) in [5, 5.41) is 31.2. The summed E-state index contributed by atoms with van der Waals surface area (Å²) in [7, 11) is 1.33. The molecular weight excluding hydrogens is 935 g/mol. The van der Waals surface area contributed by atoms with Gasteiger partial charge in [-0.2, -0.15) is 18.2 Å². The first kappa shape index (κ1) is 40.4. The van der Waals surface area contributed by atoms with Gasteiger partial charge in [-0.25, -0.2) is 14.7 Å². The third-order valence-corrected chi connectivity index (χ3v) is 13.0. The van der Waals surface area contributed by atoms with E-state index in [0.29, 0.717) is 42.6 Å². The van der Waals surface area contributed by atoms with Crippen molar-refractivity contribution in [2.75, 3.05) is 17.4 Å². The number of carboxylic acid groups (broad SMARTS) is 1. The van der Waals surface area contributed by atoms with E-state index in [2.05, 4.69) is 10.4 Å². The number of nitrogens with zero attached hydrogens (tertiary/aromatic N) is 3. The van der Waals surface area contributed by atoms with Crippen LogP contribution in [0.1, 0.15) is 45.8 Å². The number of aromatic nitrogens is 1. The number of fused-ring (bicyclic) bond motifs is 4. The number of carboxylic acids is 1. The molecule has 0 bridgehead atoms. The summed E-state index contributed by atoms with van der Waals surface area (Å²) in [5.74, 6) is -11.0. The lowest BCUT2D eigenvalue weighted by molar-refractivity contribution is -0.139. The highest BCUT2D eigenvalue weighted by Crippen LogP contribution is 2.65. The fourth-order valence-electron chi connectivity index (χ4n) is 9.17. The number of hydrazine groups is 1. The number of carbonyl (C=O) groups is 5. The molecule has 2 aliphatic carbocycles.